The van der Waals surface area contributed by atoms with E-state index in [1.54, 1.807) is 34.1 Å². The molecule has 1 saturated heterocycles. The molecule has 3 rings (SSSR count). The van der Waals surface area contributed by atoms with Crippen molar-refractivity contribution in [2.75, 3.05) is 38.0 Å². The summed E-state index contributed by atoms with van der Waals surface area (Å²) in [5.41, 5.74) is 2.39. The second kappa shape index (κ2) is 10.8. The Kier molecular flexibility index (Phi) is 7.89. The zero-order valence-corrected chi connectivity index (χ0v) is 18.3. The van der Waals surface area contributed by atoms with Crippen LogP contribution in [-0.2, 0) is 4.79 Å². The molecule has 0 aliphatic carbocycles. The number of halogens is 1. The molecule has 0 aromatic heterocycles. The quantitative estimate of drug-likeness (QED) is 0.671. The molecule has 0 unspecified atom stereocenters. The van der Waals surface area contributed by atoms with Crippen molar-refractivity contribution in [3.8, 4) is 0 Å². The Hall–Kier alpha value is -3.06. The summed E-state index contributed by atoms with van der Waals surface area (Å²) >= 11 is 5.82. The zero-order valence-electron chi connectivity index (χ0n) is 17.6. The lowest BCUT2D eigenvalue weighted by atomic mass is 10.2. The Bertz CT molecular complexity index is 925. The maximum atomic E-state index is 12.4. The van der Waals surface area contributed by atoms with E-state index in [1.807, 2.05) is 31.2 Å². The van der Waals surface area contributed by atoms with Crippen LogP contribution >= 0.6 is 11.6 Å². The van der Waals surface area contributed by atoms with Gasteiger partial charge in [-0.2, -0.15) is 0 Å². The fourth-order valence-corrected chi connectivity index (χ4v) is 3.51. The number of amides is 4. The first-order chi connectivity index (χ1) is 14.9. The van der Waals surface area contributed by atoms with E-state index in [-0.39, 0.29) is 17.8 Å². The number of carbonyl (C=O) groups excluding carboxylic acids is 3. The van der Waals surface area contributed by atoms with Gasteiger partial charge in [-0.3, -0.25) is 9.59 Å². The van der Waals surface area contributed by atoms with Gasteiger partial charge in [-0.15, -0.1) is 0 Å². The average molecular weight is 443 g/mol. The highest BCUT2D eigenvalue weighted by Crippen LogP contribution is 2.12. The van der Waals surface area contributed by atoms with Gasteiger partial charge in [0.25, 0.3) is 5.91 Å². The van der Waals surface area contributed by atoms with E-state index in [1.165, 1.54) is 0 Å². The van der Waals surface area contributed by atoms with E-state index in [9.17, 15) is 14.4 Å². The van der Waals surface area contributed by atoms with Crippen LogP contribution in [0.3, 0.4) is 0 Å². The van der Waals surface area contributed by atoms with Gasteiger partial charge in [-0.1, -0.05) is 23.7 Å². The molecule has 1 heterocycles. The lowest BCUT2D eigenvalue weighted by molar-refractivity contribution is -0.132. The second-order valence-electron chi connectivity index (χ2n) is 7.53. The summed E-state index contributed by atoms with van der Waals surface area (Å²) in [7, 11) is 0. The number of piperazine rings is 1. The average Bonchev–Trinajstić information content (AvgIpc) is 2.77. The monoisotopic (exact) mass is 442 g/mol. The normalized spacial score (nSPS) is 13.6. The van der Waals surface area contributed by atoms with Crippen LogP contribution in [0.25, 0.3) is 0 Å². The van der Waals surface area contributed by atoms with E-state index in [0.29, 0.717) is 56.2 Å². The summed E-state index contributed by atoms with van der Waals surface area (Å²) in [6, 6.07) is 14.2. The smallest absolute Gasteiger partial charge is 0.321 e. The third-order valence-corrected chi connectivity index (χ3v) is 5.40. The maximum Gasteiger partial charge on any atom is 0.321 e. The molecule has 0 radical (unpaired) electrons. The maximum absolute atomic E-state index is 12.4. The molecule has 0 saturated carbocycles. The first-order valence-electron chi connectivity index (χ1n) is 10.4. The van der Waals surface area contributed by atoms with Crippen molar-refractivity contribution >= 4 is 35.1 Å². The Morgan fingerprint density at radius 1 is 0.968 bits per heavy atom. The number of hydrogen-bond donors (Lipinski definition) is 2. The summed E-state index contributed by atoms with van der Waals surface area (Å²) in [5, 5.41) is 6.29. The van der Waals surface area contributed by atoms with Crippen LogP contribution in [-0.4, -0.2) is 60.4 Å². The molecule has 0 spiro atoms. The van der Waals surface area contributed by atoms with Crippen molar-refractivity contribution in [3.05, 3.63) is 64.7 Å². The first-order valence-corrected chi connectivity index (χ1v) is 10.7. The Morgan fingerprint density at radius 3 is 2.32 bits per heavy atom. The minimum Gasteiger partial charge on any atom is -0.352 e. The second-order valence-corrected chi connectivity index (χ2v) is 7.97. The van der Waals surface area contributed by atoms with Crippen LogP contribution in [0.1, 0.15) is 28.8 Å². The summed E-state index contributed by atoms with van der Waals surface area (Å²) in [6.45, 7) is 4.41. The summed E-state index contributed by atoms with van der Waals surface area (Å²) < 4.78 is 0. The van der Waals surface area contributed by atoms with Crippen molar-refractivity contribution in [1.82, 2.24) is 15.1 Å². The van der Waals surface area contributed by atoms with Crippen molar-refractivity contribution in [2.45, 2.75) is 19.8 Å². The molecule has 164 valence electrons. The van der Waals surface area contributed by atoms with Gasteiger partial charge in [0.2, 0.25) is 5.91 Å². The number of benzene rings is 2. The number of nitrogens with one attached hydrogen (secondary N) is 2. The van der Waals surface area contributed by atoms with Crippen LogP contribution < -0.4 is 10.6 Å². The molecule has 2 aromatic rings. The minimum atomic E-state index is -0.183. The zero-order chi connectivity index (χ0) is 22.2. The fraction of sp³-hybridized carbons (Fsp3) is 0.348. The Labute approximate surface area is 187 Å². The predicted octanol–water partition coefficient (Wildman–Crippen LogP) is 3.53. The van der Waals surface area contributed by atoms with Crippen LogP contribution in [0.4, 0.5) is 10.5 Å². The van der Waals surface area contributed by atoms with Crippen molar-refractivity contribution < 1.29 is 14.4 Å². The molecule has 7 nitrogen and oxygen atoms in total. The number of rotatable bonds is 6. The largest absolute Gasteiger partial charge is 0.352 e. The molecule has 1 aliphatic heterocycles. The van der Waals surface area contributed by atoms with Crippen LogP contribution in [0.5, 0.6) is 0 Å². The first kappa shape index (κ1) is 22.6. The van der Waals surface area contributed by atoms with E-state index in [0.717, 1.165) is 11.3 Å². The Morgan fingerprint density at radius 2 is 1.65 bits per heavy atom. The van der Waals surface area contributed by atoms with Gasteiger partial charge in [0, 0.05) is 55.4 Å². The van der Waals surface area contributed by atoms with Gasteiger partial charge in [0.15, 0.2) is 0 Å². The highest BCUT2D eigenvalue weighted by atomic mass is 35.5. The third-order valence-electron chi connectivity index (χ3n) is 5.15. The lowest BCUT2D eigenvalue weighted by Crippen LogP contribution is -2.51. The van der Waals surface area contributed by atoms with Gasteiger partial charge in [0.05, 0.1) is 0 Å². The number of nitrogens with zero attached hydrogens (tertiary/aromatic N) is 2. The SMILES string of the molecule is Cc1cccc(NC(=O)N2CCN(C(=O)CCCNC(=O)c3ccc(Cl)cc3)CC2)c1. The summed E-state index contributed by atoms with van der Waals surface area (Å²) in [6.07, 6.45) is 0.919. The highest BCUT2D eigenvalue weighted by Gasteiger charge is 2.24. The van der Waals surface area contributed by atoms with Gasteiger partial charge < -0.3 is 20.4 Å². The fourth-order valence-electron chi connectivity index (χ4n) is 3.39. The van der Waals surface area contributed by atoms with Crippen molar-refractivity contribution in [3.63, 3.8) is 0 Å². The molecule has 4 amide bonds. The van der Waals surface area contributed by atoms with Gasteiger partial charge in [0.1, 0.15) is 0 Å². The molecular weight excluding hydrogens is 416 g/mol. The molecule has 2 N–H and O–H groups in total. The number of urea groups is 1. The number of anilines is 1. The van der Waals surface area contributed by atoms with Crippen molar-refractivity contribution in [2.24, 2.45) is 0 Å². The molecule has 1 aliphatic rings. The molecular formula is C23H27ClN4O3. The predicted molar refractivity (Wildman–Crippen MR) is 121 cm³/mol. The minimum absolute atomic E-state index is 0.0412. The van der Waals surface area contributed by atoms with Crippen molar-refractivity contribution in [1.29, 1.82) is 0 Å². The van der Waals surface area contributed by atoms with E-state index >= 15 is 0 Å². The molecule has 0 atom stereocenters. The molecule has 31 heavy (non-hydrogen) atoms. The summed E-state index contributed by atoms with van der Waals surface area (Å²) in [5.74, 6) is -0.142. The summed E-state index contributed by atoms with van der Waals surface area (Å²) in [4.78, 5) is 40.4. The number of carbonyl (C=O) groups is 3. The number of hydrogen-bond acceptors (Lipinski definition) is 3. The molecule has 1 fully saturated rings. The Balaban J connectivity index is 1.34. The molecule has 0 bridgehead atoms. The van der Waals surface area contributed by atoms with E-state index in [2.05, 4.69) is 10.6 Å². The number of aryl methyl sites for hydroxylation is 1. The van der Waals surface area contributed by atoms with E-state index in [4.69, 9.17) is 11.6 Å². The molecule has 8 heteroatoms. The van der Waals surface area contributed by atoms with Crippen LogP contribution in [0.2, 0.25) is 5.02 Å². The topological polar surface area (TPSA) is 81.8 Å². The standard InChI is InChI=1S/C23H27ClN4O3/c1-17-4-2-5-20(16-17)26-23(31)28-14-12-27(13-15-28)21(29)6-3-11-25-22(30)18-7-9-19(24)10-8-18/h2,4-5,7-10,16H,3,6,11-15H2,1H3,(H,25,30)(H,26,31). The highest BCUT2D eigenvalue weighted by molar-refractivity contribution is 6.30. The van der Waals surface area contributed by atoms with Crippen LogP contribution in [0.15, 0.2) is 48.5 Å². The third kappa shape index (κ3) is 6.72. The van der Waals surface area contributed by atoms with Gasteiger partial charge in [-0.25, -0.2) is 4.79 Å². The van der Waals surface area contributed by atoms with Crippen LogP contribution in [0, 0.1) is 6.92 Å². The van der Waals surface area contributed by atoms with E-state index < -0.39 is 0 Å². The molecule has 2 aromatic carbocycles. The lowest BCUT2D eigenvalue weighted by Gasteiger charge is -2.34. The van der Waals surface area contributed by atoms with Gasteiger partial charge in [-0.05, 0) is 55.3 Å². The van der Waals surface area contributed by atoms with Gasteiger partial charge >= 0.3 is 6.03 Å².